The topological polar surface area (TPSA) is 126 Å². The van der Waals surface area contributed by atoms with Crippen molar-refractivity contribution in [3.8, 4) is 28.3 Å². The van der Waals surface area contributed by atoms with E-state index in [0.29, 0.717) is 23.4 Å². The highest BCUT2D eigenvalue weighted by atomic mass is 16.6. The van der Waals surface area contributed by atoms with E-state index in [-0.39, 0.29) is 11.8 Å². The number of nitrogens with two attached hydrogens (primary N) is 1. The lowest BCUT2D eigenvalue weighted by Gasteiger charge is -2.21. The number of hydrogen-bond donors (Lipinski definition) is 2. The fraction of sp³-hybridized carbons (Fsp3) is 0.294. The molecular formula is C34H38N6O3. The highest BCUT2D eigenvalue weighted by Crippen LogP contribution is 2.35. The van der Waals surface area contributed by atoms with Gasteiger partial charge >= 0.3 is 5.97 Å². The lowest BCUT2D eigenvalue weighted by atomic mass is 10.0. The van der Waals surface area contributed by atoms with Crippen molar-refractivity contribution >= 4 is 28.6 Å². The predicted molar refractivity (Wildman–Crippen MR) is 170 cm³/mol. The number of anilines is 1. The van der Waals surface area contributed by atoms with Crippen LogP contribution in [0, 0.1) is 17.2 Å². The Morgan fingerprint density at radius 2 is 1.86 bits per heavy atom. The maximum Gasteiger partial charge on any atom is 0.325 e. The van der Waals surface area contributed by atoms with Crippen molar-refractivity contribution in [2.45, 2.75) is 39.5 Å². The Labute approximate surface area is 252 Å². The summed E-state index contributed by atoms with van der Waals surface area (Å²) in [5, 5.41) is 13.2. The number of carbonyl (C=O) groups is 2. The number of esters is 1. The van der Waals surface area contributed by atoms with Gasteiger partial charge < -0.3 is 20.7 Å². The molecule has 43 heavy (non-hydrogen) atoms. The van der Waals surface area contributed by atoms with Gasteiger partial charge in [-0.3, -0.25) is 14.2 Å². The third kappa shape index (κ3) is 7.55. The average molecular weight is 579 g/mol. The minimum atomic E-state index is -0.725. The number of likely N-dealkylation sites (N-methyl/N-ethyl adjacent to an activating group) is 1. The summed E-state index contributed by atoms with van der Waals surface area (Å²) in [7, 11) is 3.88. The number of nitrogens with one attached hydrogen (secondary N) is 1. The summed E-state index contributed by atoms with van der Waals surface area (Å²) in [4.78, 5) is 32.0. The second-order valence-electron chi connectivity index (χ2n) is 10.9. The van der Waals surface area contributed by atoms with Crippen LogP contribution in [0.5, 0.6) is 0 Å². The molecule has 0 fully saturated rings. The van der Waals surface area contributed by atoms with Gasteiger partial charge in [-0.05, 0) is 68.4 Å². The van der Waals surface area contributed by atoms with Crippen molar-refractivity contribution in [1.82, 2.24) is 14.5 Å². The van der Waals surface area contributed by atoms with Gasteiger partial charge in [0.05, 0.1) is 11.6 Å². The molecule has 4 rings (SSSR count). The van der Waals surface area contributed by atoms with E-state index in [1.807, 2.05) is 92.1 Å². The van der Waals surface area contributed by atoms with Gasteiger partial charge in [-0.2, -0.15) is 5.26 Å². The fourth-order valence-corrected chi connectivity index (χ4v) is 4.67. The van der Waals surface area contributed by atoms with Gasteiger partial charge in [-0.25, -0.2) is 4.98 Å². The summed E-state index contributed by atoms with van der Waals surface area (Å²) in [6.07, 6.45) is 7.07. The number of benzene rings is 2. The van der Waals surface area contributed by atoms with E-state index < -0.39 is 18.2 Å². The number of nitriles is 1. The van der Waals surface area contributed by atoms with Crippen molar-refractivity contribution in [2.75, 3.05) is 26.0 Å². The summed E-state index contributed by atoms with van der Waals surface area (Å²) in [5.74, 6) is -0.689. The van der Waals surface area contributed by atoms with Gasteiger partial charge in [0.2, 0.25) is 5.91 Å². The predicted octanol–water partition coefficient (Wildman–Crippen LogP) is 5.73. The molecule has 0 aliphatic heterocycles. The Morgan fingerprint density at radius 3 is 2.58 bits per heavy atom. The minimum Gasteiger partial charge on any atom is -0.440 e. The zero-order chi connectivity index (χ0) is 31.1. The third-order valence-corrected chi connectivity index (χ3v) is 7.38. The monoisotopic (exact) mass is 578 g/mol. The van der Waals surface area contributed by atoms with Crippen LogP contribution >= 0.6 is 0 Å². The van der Waals surface area contributed by atoms with Gasteiger partial charge in [-0.15, -0.1) is 0 Å². The molecule has 9 nitrogen and oxygen atoms in total. The summed E-state index contributed by atoms with van der Waals surface area (Å²) in [6, 6.07) is 18.4. The number of fused-ring (bicyclic) bond motifs is 1. The lowest BCUT2D eigenvalue weighted by Crippen LogP contribution is -2.38. The molecular weight excluding hydrogens is 540 g/mol. The maximum absolute atomic E-state index is 12.8. The largest absolute Gasteiger partial charge is 0.440 e. The van der Waals surface area contributed by atoms with Gasteiger partial charge in [0.1, 0.15) is 11.7 Å². The van der Waals surface area contributed by atoms with E-state index in [0.717, 1.165) is 34.1 Å². The first-order valence-electron chi connectivity index (χ1n) is 14.3. The molecule has 0 aliphatic carbocycles. The van der Waals surface area contributed by atoms with Crippen LogP contribution < -0.4 is 11.1 Å². The van der Waals surface area contributed by atoms with Crippen LogP contribution in [0.3, 0.4) is 0 Å². The second kappa shape index (κ2) is 13.9. The highest BCUT2D eigenvalue weighted by molar-refractivity contribution is 6.00. The summed E-state index contributed by atoms with van der Waals surface area (Å²) in [5.41, 5.74) is 11.3. The number of carbonyl (C=O) groups excluding carboxylic acids is 2. The van der Waals surface area contributed by atoms with Crippen molar-refractivity contribution in [1.29, 1.82) is 5.26 Å². The van der Waals surface area contributed by atoms with Crippen LogP contribution in [0.1, 0.15) is 39.0 Å². The number of rotatable bonds is 11. The molecule has 0 spiro atoms. The Morgan fingerprint density at radius 1 is 1.12 bits per heavy atom. The SMILES string of the molecule is CCC(C)C(N)C(=O)O[C@@H](C)n1cc(-c2cccc(C#N)c2)c2cc(-c3cccc(NC(=O)/C=C/CN(C)C)c3)cnc21. The molecule has 0 saturated heterocycles. The summed E-state index contributed by atoms with van der Waals surface area (Å²) < 4.78 is 7.60. The minimum absolute atomic E-state index is 0.0133. The van der Waals surface area contributed by atoms with Gasteiger partial charge in [-0.1, -0.05) is 50.6 Å². The smallest absolute Gasteiger partial charge is 0.325 e. The molecule has 0 saturated carbocycles. The van der Waals surface area contributed by atoms with E-state index in [4.69, 9.17) is 15.5 Å². The van der Waals surface area contributed by atoms with Gasteiger partial charge in [0.15, 0.2) is 6.23 Å². The van der Waals surface area contributed by atoms with E-state index >= 15 is 0 Å². The number of pyridine rings is 1. The normalized spacial score (nSPS) is 13.5. The van der Waals surface area contributed by atoms with Crippen molar-refractivity contribution in [3.05, 3.63) is 84.7 Å². The molecule has 2 heterocycles. The molecule has 0 bridgehead atoms. The lowest BCUT2D eigenvalue weighted by molar-refractivity contribution is -0.155. The van der Waals surface area contributed by atoms with Crippen molar-refractivity contribution < 1.29 is 14.3 Å². The molecule has 3 atom stereocenters. The van der Waals surface area contributed by atoms with Crippen LogP contribution in [0.4, 0.5) is 5.69 Å². The number of nitrogens with zero attached hydrogens (tertiary/aromatic N) is 4. The van der Waals surface area contributed by atoms with E-state index in [2.05, 4.69) is 11.4 Å². The Bertz CT molecular complexity index is 1680. The molecule has 9 heteroatoms. The number of amides is 1. The number of aromatic nitrogens is 2. The second-order valence-corrected chi connectivity index (χ2v) is 10.9. The number of hydrogen-bond acceptors (Lipinski definition) is 7. The molecule has 2 unspecified atom stereocenters. The molecule has 2 aromatic heterocycles. The Hall–Kier alpha value is -4.78. The first kappa shape index (κ1) is 31.2. The Kier molecular flexibility index (Phi) is 10.1. The van der Waals surface area contributed by atoms with Crippen molar-refractivity contribution in [3.63, 3.8) is 0 Å². The van der Waals surface area contributed by atoms with E-state index in [1.54, 1.807) is 25.3 Å². The molecule has 3 N–H and O–H groups in total. The zero-order valence-corrected chi connectivity index (χ0v) is 25.2. The van der Waals surface area contributed by atoms with Gasteiger partial charge in [0, 0.05) is 47.2 Å². The van der Waals surface area contributed by atoms with Crippen LogP contribution in [0.2, 0.25) is 0 Å². The van der Waals surface area contributed by atoms with Crippen LogP contribution in [-0.2, 0) is 14.3 Å². The molecule has 2 aromatic carbocycles. The summed E-state index contributed by atoms with van der Waals surface area (Å²) >= 11 is 0. The van der Waals surface area contributed by atoms with Crippen LogP contribution in [0.15, 0.2) is 79.1 Å². The first-order valence-corrected chi connectivity index (χ1v) is 14.3. The van der Waals surface area contributed by atoms with E-state index in [9.17, 15) is 14.9 Å². The number of ether oxygens (including phenoxy) is 1. The van der Waals surface area contributed by atoms with E-state index in [1.165, 1.54) is 6.08 Å². The summed E-state index contributed by atoms with van der Waals surface area (Å²) in [6.45, 7) is 6.36. The highest BCUT2D eigenvalue weighted by Gasteiger charge is 2.25. The maximum atomic E-state index is 12.8. The zero-order valence-electron chi connectivity index (χ0n) is 25.2. The Balaban J connectivity index is 1.73. The molecule has 0 radical (unpaired) electrons. The fourth-order valence-electron chi connectivity index (χ4n) is 4.67. The molecule has 0 aliphatic rings. The average Bonchev–Trinajstić information content (AvgIpc) is 3.39. The molecule has 1 amide bonds. The van der Waals surface area contributed by atoms with Crippen LogP contribution in [-0.4, -0.2) is 53.0 Å². The third-order valence-electron chi connectivity index (χ3n) is 7.38. The quantitative estimate of drug-likeness (QED) is 0.172. The molecule has 222 valence electrons. The molecule has 4 aromatic rings. The van der Waals surface area contributed by atoms with Gasteiger partial charge in [0.25, 0.3) is 0 Å². The van der Waals surface area contributed by atoms with Crippen molar-refractivity contribution in [2.24, 2.45) is 11.7 Å². The first-order chi connectivity index (χ1) is 20.6. The standard InChI is InChI=1S/C34H38N6O3/c1-6-22(2)32(36)34(42)43-23(3)40-21-30(26-12-7-10-24(16-26)19-35)29-18-27(20-37-33(29)40)25-11-8-13-28(17-25)38-31(41)14-9-15-39(4)5/h7-14,16-18,20-23,32H,6,15,36H2,1-5H3,(H,38,41)/b14-9+/t22?,23-,32?/m0/s1. The van der Waals surface area contributed by atoms with Crippen LogP contribution in [0.25, 0.3) is 33.3 Å².